The summed E-state index contributed by atoms with van der Waals surface area (Å²) in [5.41, 5.74) is 8.51. The Bertz CT molecular complexity index is 505. The molecule has 15 heavy (non-hydrogen) atoms. The summed E-state index contributed by atoms with van der Waals surface area (Å²) in [5, 5.41) is 9.96. The van der Waals surface area contributed by atoms with Crippen molar-refractivity contribution < 1.29 is 0 Å². The third-order valence-electron chi connectivity index (χ3n) is 2.55. The lowest BCUT2D eigenvalue weighted by atomic mass is 10.1. The van der Waals surface area contributed by atoms with Gasteiger partial charge in [0.15, 0.2) is 0 Å². The van der Waals surface area contributed by atoms with E-state index in [0.29, 0.717) is 12.1 Å². The third kappa shape index (κ3) is 1.85. The SMILES string of the molecule is N#Cc1ccc2[nH]cc(CCCN)c2c1. The second-order valence-electron chi connectivity index (χ2n) is 3.58. The van der Waals surface area contributed by atoms with Gasteiger partial charge in [0, 0.05) is 17.1 Å². The molecule has 2 rings (SSSR count). The van der Waals surface area contributed by atoms with Gasteiger partial charge in [-0.3, -0.25) is 0 Å². The molecule has 0 fully saturated rings. The zero-order chi connectivity index (χ0) is 10.7. The Labute approximate surface area is 88.5 Å². The van der Waals surface area contributed by atoms with Crippen molar-refractivity contribution >= 4 is 10.9 Å². The minimum absolute atomic E-state index is 0.699. The number of aryl methyl sites for hydroxylation is 1. The number of aromatic nitrogens is 1. The van der Waals surface area contributed by atoms with Crippen molar-refractivity contribution in [3.63, 3.8) is 0 Å². The highest BCUT2D eigenvalue weighted by Crippen LogP contribution is 2.20. The predicted octanol–water partition coefficient (Wildman–Crippen LogP) is 1.93. The summed E-state index contributed by atoms with van der Waals surface area (Å²) in [4.78, 5) is 3.20. The molecule has 76 valence electrons. The van der Waals surface area contributed by atoms with Crippen LogP contribution in [0.1, 0.15) is 17.5 Å². The van der Waals surface area contributed by atoms with Crippen molar-refractivity contribution in [2.45, 2.75) is 12.8 Å². The zero-order valence-electron chi connectivity index (χ0n) is 8.46. The number of rotatable bonds is 3. The van der Waals surface area contributed by atoms with E-state index in [1.165, 1.54) is 5.56 Å². The largest absolute Gasteiger partial charge is 0.361 e. The van der Waals surface area contributed by atoms with Crippen molar-refractivity contribution in [3.05, 3.63) is 35.5 Å². The molecule has 3 heteroatoms. The number of hydrogen-bond acceptors (Lipinski definition) is 2. The Morgan fingerprint density at radius 1 is 1.40 bits per heavy atom. The first kappa shape index (κ1) is 9.75. The van der Waals surface area contributed by atoms with Crippen LogP contribution in [0, 0.1) is 11.3 Å². The van der Waals surface area contributed by atoms with Crippen molar-refractivity contribution in [1.82, 2.24) is 4.98 Å². The van der Waals surface area contributed by atoms with E-state index in [1.54, 1.807) is 0 Å². The minimum Gasteiger partial charge on any atom is -0.361 e. The van der Waals surface area contributed by atoms with Gasteiger partial charge in [0.05, 0.1) is 11.6 Å². The van der Waals surface area contributed by atoms with E-state index in [4.69, 9.17) is 11.0 Å². The van der Waals surface area contributed by atoms with Gasteiger partial charge in [-0.1, -0.05) is 0 Å². The van der Waals surface area contributed by atoms with Crippen LogP contribution in [0.4, 0.5) is 0 Å². The van der Waals surface area contributed by atoms with E-state index in [1.807, 2.05) is 24.4 Å². The molecule has 0 aliphatic rings. The van der Waals surface area contributed by atoms with Gasteiger partial charge in [0.1, 0.15) is 0 Å². The zero-order valence-corrected chi connectivity index (χ0v) is 8.46. The molecule has 0 saturated carbocycles. The van der Waals surface area contributed by atoms with Gasteiger partial charge in [-0.25, -0.2) is 0 Å². The first-order chi connectivity index (χ1) is 7.35. The van der Waals surface area contributed by atoms with Gasteiger partial charge in [-0.05, 0) is 43.1 Å². The molecule has 0 amide bonds. The van der Waals surface area contributed by atoms with Gasteiger partial charge < -0.3 is 10.7 Å². The average molecular weight is 199 g/mol. The van der Waals surface area contributed by atoms with E-state index < -0.39 is 0 Å². The highest BCUT2D eigenvalue weighted by molar-refractivity contribution is 5.84. The maximum absolute atomic E-state index is 8.82. The normalized spacial score (nSPS) is 10.4. The fourth-order valence-electron chi connectivity index (χ4n) is 1.75. The molecule has 2 aromatic rings. The molecule has 0 bridgehead atoms. The quantitative estimate of drug-likeness (QED) is 0.793. The van der Waals surface area contributed by atoms with Crippen LogP contribution in [0.3, 0.4) is 0 Å². The summed E-state index contributed by atoms with van der Waals surface area (Å²) >= 11 is 0. The molecule has 0 aliphatic carbocycles. The predicted molar refractivity (Wildman–Crippen MR) is 60.4 cm³/mol. The van der Waals surface area contributed by atoms with Gasteiger partial charge in [-0.15, -0.1) is 0 Å². The van der Waals surface area contributed by atoms with Crippen molar-refractivity contribution in [3.8, 4) is 6.07 Å². The molecular weight excluding hydrogens is 186 g/mol. The Kier molecular flexibility index (Phi) is 2.70. The van der Waals surface area contributed by atoms with Gasteiger partial charge in [0.25, 0.3) is 0 Å². The van der Waals surface area contributed by atoms with E-state index >= 15 is 0 Å². The number of nitriles is 1. The molecular formula is C12H13N3. The van der Waals surface area contributed by atoms with Crippen LogP contribution in [0.25, 0.3) is 10.9 Å². The summed E-state index contributed by atoms with van der Waals surface area (Å²) in [5.74, 6) is 0. The summed E-state index contributed by atoms with van der Waals surface area (Å²) in [6.07, 6.45) is 3.94. The topological polar surface area (TPSA) is 65.6 Å². The fourth-order valence-corrected chi connectivity index (χ4v) is 1.75. The average Bonchev–Trinajstić information content (AvgIpc) is 2.68. The minimum atomic E-state index is 0.699. The number of aromatic amines is 1. The summed E-state index contributed by atoms with van der Waals surface area (Å²) < 4.78 is 0. The summed E-state index contributed by atoms with van der Waals surface area (Å²) in [6, 6.07) is 7.85. The lowest BCUT2D eigenvalue weighted by Crippen LogP contribution is -1.99. The van der Waals surface area contributed by atoms with Crippen LogP contribution in [0.15, 0.2) is 24.4 Å². The van der Waals surface area contributed by atoms with E-state index in [0.717, 1.165) is 23.7 Å². The van der Waals surface area contributed by atoms with Crippen molar-refractivity contribution in [2.24, 2.45) is 5.73 Å². The molecule has 3 N–H and O–H groups in total. The Morgan fingerprint density at radius 3 is 3.00 bits per heavy atom. The molecule has 0 unspecified atom stereocenters. The second kappa shape index (κ2) is 4.16. The van der Waals surface area contributed by atoms with Crippen LogP contribution >= 0.6 is 0 Å². The first-order valence-corrected chi connectivity index (χ1v) is 5.05. The highest BCUT2D eigenvalue weighted by Gasteiger charge is 2.03. The maximum Gasteiger partial charge on any atom is 0.0991 e. The van der Waals surface area contributed by atoms with Crippen LogP contribution in [0.5, 0.6) is 0 Å². The molecule has 3 nitrogen and oxygen atoms in total. The maximum atomic E-state index is 8.82. The Morgan fingerprint density at radius 2 is 2.27 bits per heavy atom. The van der Waals surface area contributed by atoms with Crippen molar-refractivity contribution in [2.75, 3.05) is 6.54 Å². The molecule has 0 saturated heterocycles. The summed E-state index contributed by atoms with van der Waals surface area (Å²) in [6.45, 7) is 0.699. The Balaban J connectivity index is 2.43. The second-order valence-corrected chi connectivity index (χ2v) is 3.58. The molecule has 0 spiro atoms. The number of nitrogens with zero attached hydrogens (tertiary/aromatic N) is 1. The first-order valence-electron chi connectivity index (χ1n) is 5.05. The molecule has 0 aliphatic heterocycles. The Hall–Kier alpha value is -1.79. The number of nitrogens with one attached hydrogen (secondary N) is 1. The lowest BCUT2D eigenvalue weighted by molar-refractivity contribution is 0.837. The number of benzene rings is 1. The van der Waals surface area contributed by atoms with Crippen LogP contribution < -0.4 is 5.73 Å². The lowest BCUT2D eigenvalue weighted by Gasteiger charge is -1.97. The number of hydrogen-bond donors (Lipinski definition) is 2. The van der Waals surface area contributed by atoms with E-state index in [-0.39, 0.29) is 0 Å². The summed E-state index contributed by atoms with van der Waals surface area (Å²) in [7, 11) is 0. The number of nitrogens with two attached hydrogens (primary N) is 1. The number of H-pyrrole nitrogens is 1. The van der Waals surface area contributed by atoms with Crippen LogP contribution in [-0.2, 0) is 6.42 Å². The molecule has 1 heterocycles. The van der Waals surface area contributed by atoms with Crippen molar-refractivity contribution in [1.29, 1.82) is 5.26 Å². The standard InChI is InChI=1S/C12H13N3/c13-5-1-2-10-8-15-12-4-3-9(7-14)6-11(10)12/h3-4,6,8,15H,1-2,5,13H2. The third-order valence-corrected chi connectivity index (χ3v) is 2.55. The molecule has 0 radical (unpaired) electrons. The van der Waals surface area contributed by atoms with Crippen LogP contribution in [0.2, 0.25) is 0 Å². The van der Waals surface area contributed by atoms with Crippen LogP contribution in [-0.4, -0.2) is 11.5 Å². The molecule has 1 aromatic heterocycles. The molecule has 1 aromatic carbocycles. The van der Waals surface area contributed by atoms with E-state index in [9.17, 15) is 0 Å². The van der Waals surface area contributed by atoms with Gasteiger partial charge >= 0.3 is 0 Å². The van der Waals surface area contributed by atoms with Gasteiger partial charge in [0.2, 0.25) is 0 Å². The van der Waals surface area contributed by atoms with E-state index in [2.05, 4.69) is 11.1 Å². The molecule has 0 atom stereocenters. The fraction of sp³-hybridized carbons (Fsp3) is 0.250. The smallest absolute Gasteiger partial charge is 0.0991 e. The number of fused-ring (bicyclic) bond motifs is 1. The monoisotopic (exact) mass is 199 g/mol. The highest BCUT2D eigenvalue weighted by atomic mass is 14.7. The van der Waals surface area contributed by atoms with Gasteiger partial charge in [-0.2, -0.15) is 5.26 Å².